The molecule has 1 saturated carbocycles. The molecule has 0 atom stereocenters. The van der Waals surface area contributed by atoms with Crippen molar-refractivity contribution in [2.24, 2.45) is 5.92 Å². The maximum absolute atomic E-state index is 12.1. The third-order valence-corrected chi connectivity index (χ3v) is 5.24. The minimum Gasteiger partial charge on any atom is -0.325 e. The number of para-hydroxylation sites is 1. The summed E-state index contributed by atoms with van der Waals surface area (Å²) < 4.78 is 0. The number of thioether (sulfide) groups is 1. The summed E-state index contributed by atoms with van der Waals surface area (Å²) in [5, 5.41) is 11.9. The van der Waals surface area contributed by atoms with Crippen LogP contribution in [-0.2, 0) is 10.5 Å². The van der Waals surface area contributed by atoms with Crippen LogP contribution < -0.4 is 5.32 Å². The van der Waals surface area contributed by atoms with Gasteiger partial charge in [0, 0.05) is 16.6 Å². The molecule has 0 saturated heterocycles. The number of amides is 1. The number of anilines is 1. The van der Waals surface area contributed by atoms with Crippen molar-refractivity contribution < 1.29 is 4.79 Å². The zero-order chi connectivity index (χ0) is 16.1. The van der Waals surface area contributed by atoms with Crippen molar-refractivity contribution >= 4 is 23.4 Å². The van der Waals surface area contributed by atoms with Gasteiger partial charge in [-0.05, 0) is 42.7 Å². The maximum atomic E-state index is 12.1. The first-order valence-corrected chi connectivity index (χ1v) is 8.76. The van der Waals surface area contributed by atoms with Gasteiger partial charge in [-0.3, -0.25) is 4.79 Å². The number of carbonyl (C=O) groups excluding carboxylic acids is 1. The van der Waals surface area contributed by atoms with Crippen molar-refractivity contribution in [2.45, 2.75) is 29.9 Å². The molecule has 0 radical (unpaired) electrons. The minimum absolute atomic E-state index is 0.141. The molecule has 1 fully saturated rings. The van der Waals surface area contributed by atoms with E-state index in [1.54, 1.807) is 11.8 Å². The van der Waals surface area contributed by atoms with Crippen molar-refractivity contribution in [1.82, 2.24) is 0 Å². The second-order valence-corrected chi connectivity index (χ2v) is 6.73. The number of hydrogen-bond acceptors (Lipinski definition) is 3. The minimum atomic E-state index is 0.141. The van der Waals surface area contributed by atoms with Crippen LogP contribution in [0.15, 0.2) is 53.4 Å². The van der Waals surface area contributed by atoms with E-state index in [9.17, 15) is 4.79 Å². The Morgan fingerprint density at radius 3 is 2.57 bits per heavy atom. The summed E-state index contributed by atoms with van der Waals surface area (Å²) in [5.41, 5.74) is 2.73. The van der Waals surface area contributed by atoms with E-state index in [1.165, 1.54) is 0 Å². The molecule has 1 amide bonds. The van der Waals surface area contributed by atoms with Gasteiger partial charge in [-0.25, -0.2) is 0 Å². The summed E-state index contributed by atoms with van der Waals surface area (Å²) in [4.78, 5) is 13.2. The number of nitrogens with zero attached hydrogens (tertiary/aromatic N) is 1. The molecule has 0 bridgehead atoms. The summed E-state index contributed by atoms with van der Waals surface area (Å²) in [6, 6.07) is 17.7. The molecule has 3 rings (SSSR count). The van der Waals surface area contributed by atoms with E-state index >= 15 is 0 Å². The summed E-state index contributed by atoms with van der Waals surface area (Å²) in [5.74, 6) is 1.14. The highest BCUT2D eigenvalue weighted by Gasteiger charge is 2.25. The molecule has 0 unspecified atom stereocenters. The second kappa shape index (κ2) is 7.34. The lowest BCUT2D eigenvalue weighted by Crippen LogP contribution is -2.28. The molecule has 23 heavy (non-hydrogen) atoms. The maximum Gasteiger partial charge on any atom is 0.227 e. The van der Waals surface area contributed by atoms with Crippen LogP contribution in [0.3, 0.4) is 0 Å². The molecule has 0 spiro atoms. The van der Waals surface area contributed by atoms with Gasteiger partial charge in [0.25, 0.3) is 0 Å². The van der Waals surface area contributed by atoms with Crippen molar-refractivity contribution in [3.8, 4) is 6.07 Å². The lowest BCUT2D eigenvalue weighted by molar-refractivity contribution is -0.122. The summed E-state index contributed by atoms with van der Waals surface area (Å²) in [6.07, 6.45) is 3.17. The SMILES string of the molecule is N#Cc1ccc(CSc2ccccc2NC(=O)C2CCC2)cc1. The van der Waals surface area contributed by atoms with Gasteiger partial charge in [-0.2, -0.15) is 5.26 Å². The predicted octanol–water partition coefficient (Wildman–Crippen LogP) is 4.59. The number of nitriles is 1. The first kappa shape index (κ1) is 15.6. The fourth-order valence-corrected chi connectivity index (χ4v) is 3.40. The topological polar surface area (TPSA) is 52.9 Å². The number of rotatable bonds is 5. The van der Waals surface area contributed by atoms with E-state index in [0.29, 0.717) is 5.56 Å². The third kappa shape index (κ3) is 3.94. The van der Waals surface area contributed by atoms with Crippen LogP contribution in [0.2, 0.25) is 0 Å². The fraction of sp³-hybridized carbons (Fsp3) is 0.263. The van der Waals surface area contributed by atoms with Crippen LogP contribution >= 0.6 is 11.8 Å². The normalized spacial score (nSPS) is 13.9. The van der Waals surface area contributed by atoms with Gasteiger partial charge in [0.2, 0.25) is 5.91 Å². The highest BCUT2D eigenvalue weighted by Crippen LogP contribution is 2.32. The summed E-state index contributed by atoms with van der Waals surface area (Å²) >= 11 is 1.70. The van der Waals surface area contributed by atoms with E-state index in [2.05, 4.69) is 11.4 Å². The summed E-state index contributed by atoms with van der Waals surface area (Å²) in [7, 11) is 0. The third-order valence-electron chi connectivity index (χ3n) is 4.10. The van der Waals surface area contributed by atoms with E-state index in [4.69, 9.17) is 5.26 Å². The predicted molar refractivity (Wildman–Crippen MR) is 93.1 cm³/mol. The monoisotopic (exact) mass is 322 g/mol. The average Bonchev–Trinajstić information content (AvgIpc) is 2.53. The largest absolute Gasteiger partial charge is 0.325 e. The Bertz CT molecular complexity index is 730. The van der Waals surface area contributed by atoms with Crippen LogP contribution in [0, 0.1) is 17.2 Å². The van der Waals surface area contributed by atoms with Crippen LogP contribution in [0.25, 0.3) is 0 Å². The molecule has 2 aromatic carbocycles. The van der Waals surface area contributed by atoms with Crippen LogP contribution in [0.4, 0.5) is 5.69 Å². The van der Waals surface area contributed by atoms with E-state index < -0.39 is 0 Å². The molecule has 4 heteroatoms. The Labute approximate surface area is 140 Å². The highest BCUT2D eigenvalue weighted by atomic mass is 32.2. The van der Waals surface area contributed by atoms with Crippen LogP contribution in [0.5, 0.6) is 0 Å². The Hall–Kier alpha value is -2.25. The number of hydrogen-bond donors (Lipinski definition) is 1. The molecule has 0 aromatic heterocycles. The quantitative estimate of drug-likeness (QED) is 0.819. The lowest BCUT2D eigenvalue weighted by Gasteiger charge is -2.24. The van der Waals surface area contributed by atoms with Gasteiger partial charge in [-0.15, -0.1) is 11.8 Å². The van der Waals surface area contributed by atoms with Gasteiger partial charge in [0.05, 0.1) is 17.3 Å². The Morgan fingerprint density at radius 2 is 1.91 bits per heavy atom. The highest BCUT2D eigenvalue weighted by molar-refractivity contribution is 7.98. The zero-order valence-corrected chi connectivity index (χ0v) is 13.6. The van der Waals surface area contributed by atoms with Crippen molar-refractivity contribution in [3.05, 3.63) is 59.7 Å². The molecular weight excluding hydrogens is 304 g/mol. The van der Waals surface area contributed by atoms with Crippen molar-refractivity contribution in [3.63, 3.8) is 0 Å². The number of nitrogens with one attached hydrogen (secondary N) is 1. The Balaban J connectivity index is 1.65. The van der Waals surface area contributed by atoms with E-state index in [0.717, 1.165) is 41.2 Å². The molecule has 0 heterocycles. The van der Waals surface area contributed by atoms with Gasteiger partial charge in [-0.1, -0.05) is 30.7 Å². The van der Waals surface area contributed by atoms with Gasteiger partial charge < -0.3 is 5.32 Å². The molecule has 1 aliphatic rings. The van der Waals surface area contributed by atoms with Crippen molar-refractivity contribution in [2.75, 3.05) is 5.32 Å². The lowest BCUT2D eigenvalue weighted by atomic mass is 9.85. The molecular formula is C19H18N2OS. The number of benzene rings is 2. The molecule has 3 nitrogen and oxygen atoms in total. The first-order chi connectivity index (χ1) is 11.3. The van der Waals surface area contributed by atoms with Gasteiger partial charge >= 0.3 is 0 Å². The Kier molecular flexibility index (Phi) is 4.99. The van der Waals surface area contributed by atoms with Gasteiger partial charge in [0.1, 0.15) is 0 Å². The zero-order valence-electron chi connectivity index (χ0n) is 12.8. The molecule has 1 aliphatic carbocycles. The van der Waals surface area contributed by atoms with E-state index in [-0.39, 0.29) is 11.8 Å². The molecule has 1 N–H and O–H groups in total. The van der Waals surface area contributed by atoms with Crippen LogP contribution in [-0.4, -0.2) is 5.91 Å². The smallest absolute Gasteiger partial charge is 0.227 e. The fourth-order valence-electron chi connectivity index (χ4n) is 2.44. The van der Waals surface area contributed by atoms with Gasteiger partial charge in [0.15, 0.2) is 0 Å². The first-order valence-electron chi connectivity index (χ1n) is 7.78. The van der Waals surface area contributed by atoms with Crippen LogP contribution in [0.1, 0.15) is 30.4 Å². The second-order valence-electron chi connectivity index (χ2n) is 5.71. The van der Waals surface area contributed by atoms with E-state index in [1.807, 2.05) is 48.5 Å². The molecule has 116 valence electrons. The van der Waals surface area contributed by atoms with Crippen molar-refractivity contribution in [1.29, 1.82) is 5.26 Å². The molecule has 0 aliphatic heterocycles. The number of carbonyl (C=O) groups is 1. The Morgan fingerprint density at radius 1 is 1.17 bits per heavy atom. The standard InChI is InChI=1S/C19H18N2OS/c20-12-14-8-10-15(11-9-14)13-23-18-7-2-1-6-17(18)21-19(22)16-4-3-5-16/h1-2,6-11,16H,3-5,13H2,(H,21,22). The summed E-state index contributed by atoms with van der Waals surface area (Å²) in [6.45, 7) is 0. The average molecular weight is 322 g/mol. The molecule has 2 aromatic rings.